The minimum Gasteiger partial charge on any atom is -0.431 e. The quantitative estimate of drug-likeness (QED) is 0.259. The molecule has 1 aromatic heterocycles. The van der Waals surface area contributed by atoms with Gasteiger partial charge < -0.3 is 14.4 Å². The van der Waals surface area contributed by atoms with Crippen molar-refractivity contribution in [2.45, 2.75) is 25.9 Å². The van der Waals surface area contributed by atoms with E-state index in [1.165, 1.54) is 35.5 Å². The lowest BCUT2D eigenvalue weighted by atomic mass is 10.1. The second kappa shape index (κ2) is 10.4. The Kier molecular flexibility index (Phi) is 7.59. The van der Waals surface area contributed by atoms with E-state index in [9.17, 15) is 35.5 Å². The van der Waals surface area contributed by atoms with Gasteiger partial charge in [0.15, 0.2) is 11.5 Å². The second-order valence-electron chi connectivity index (χ2n) is 6.71. The fourth-order valence-corrected chi connectivity index (χ4v) is 3.01. The number of hydrogen-bond donors (Lipinski definition) is 0. The zero-order valence-corrected chi connectivity index (χ0v) is 17.0. The molecule has 5 nitrogen and oxygen atoms in total. The molecule has 0 unspecified atom stereocenters. The van der Waals surface area contributed by atoms with E-state index in [1.807, 2.05) is 0 Å². The van der Waals surface area contributed by atoms with Crippen molar-refractivity contribution in [2.24, 2.45) is 0 Å². The van der Waals surface area contributed by atoms with Gasteiger partial charge in [-0.2, -0.15) is 30.7 Å². The Labute approximate surface area is 188 Å². The molecule has 0 radical (unpaired) electrons. The Hall–Kier alpha value is -3.83. The molecule has 0 bridgehead atoms. The fourth-order valence-electron chi connectivity index (χ4n) is 3.01. The van der Waals surface area contributed by atoms with Crippen LogP contribution in [0.25, 0.3) is 0 Å². The minimum atomic E-state index is -5.06. The Morgan fingerprint density at radius 2 is 1.50 bits per heavy atom. The molecule has 0 saturated carbocycles. The van der Waals surface area contributed by atoms with Crippen LogP contribution in [0.4, 0.5) is 42.1 Å². The number of alkyl halides is 7. The van der Waals surface area contributed by atoms with Crippen molar-refractivity contribution < 1.29 is 45.0 Å². The van der Waals surface area contributed by atoms with E-state index in [-0.39, 0.29) is 17.9 Å². The Balaban J connectivity index is 2.03. The van der Waals surface area contributed by atoms with Gasteiger partial charge in [-0.3, -0.25) is 9.78 Å². The van der Waals surface area contributed by atoms with Crippen LogP contribution in [-0.2, 0) is 6.54 Å². The SMILES string of the molecule is O=C(c1ccc(N(Cc2cccnc2)c2ccc(OC(F)F)c(OC(F)F)c2)cc1)C(F)(F)F. The highest BCUT2D eigenvalue weighted by Gasteiger charge is 2.39. The molecule has 0 atom stereocenters. The molecule has 0 aliphatic carbocycles. The summed E-state index contributed by atoms with van der Waals surface area (Å²) in [4.78, 5) is 16.9. The molecule has 1 heterocycles. The van der Waals surface area contributed by atoms with Crippen LogP contribution < -0.4 is 14.4 Å². The van der Waals surface area contributed by atoms with Crippen LogP contribution in [0.15, 0.2) is 67.0 Å². The van der Waals surface area contributed by atoms with Crippen molar-refractivity contribution in [3.05, 3.63) is 78.1 Å². The molecule has 0 aliphatic rings. The topological polar surface area (TPSA) is 51.7 Å². The van der Waals surface area contributed by atoms with Gasteiger partial charge in [-0.1, -0.05) is 6.07 Å². The number of ketones is 1. The van der Waals surface area contributed by atoms with E-state index in [1.54, 1.807) is 12.1 Å². The summed E-state index contributed by atoms with van der Waals surface area (Å²) in [6.45, 7) is -6.57. The van der Waals surface area contributed by atoms with Gasteiger partial charge in [-0.05, 0) is 48.0 Å². The number of aromatic nitrogens is 1. The highest BCUT2D eigenvalue weighted by atomic mass is 19.4. The fraction of sp³-hybridized carbons (Fsp3) is 0.182. The summed E-state index contributed by atoms with van der Waals surface area (Å²) in [7, 11) is 0. The first-order valence-corrected chi connectivity index (χ1v) is 9.46. The molecule has 12 heteroatoms. The number of halogens is 7. The van der Waals surface area contributed by atoms with Crippen LogP contribution in [0.1, 0.15) is 15.9 Å². The number of carbonyl (C=O) groups is 1. The highest BCUT2D eigenvalue weighted by molar-refractivity contribution is 6.00. The lowest BCUT2D eigenvalue weighted by Gasteiger charge is -2.26. The Morgan fingerprint density at radius 3 is 2.06 bits per heavy atom. The zero-order valence-electron chi connectivity index (χ0n) is 17.0. The van der Waals surface area contributed by atoms with Gasteiger partial charge in [0, 0.05) is 41.9 Å². The lowest BCUT2D eigenvalue weighted by Crippen LogP contribution is -2.23. The number of hydrogen-bond acceptors (Lipinski definition) is 5. The number of carbonyl (C=O) groups excluding carboxylic acids is 1. The normalized spacial score (nSPS) is 11.6. The summed E-state index contributed by atoms with van der Waals surface area (Å²) < 4.78 is 97.7. The number of anilines is 2. The van der Waals surface area contributed by atoms with Gasteiger partial charge in [0.2, 0.25) is 0 Å². The van der Waals surface area contributed by atoms with Crippen LogP contribution in [0.2, 0.25) is 0 Å². The van der Waals surface area contributed by atoms with E-state index in [2.05, 4.69) is 14.5 Å². The first-order chi connectivity index (χ1) is 16.0. The molecular formula is C22H15F7N2O3. The van der Waals surface area contributed by atoms with E-state index in [4.69, 9.17) is 0 Å². The summed E-state index contributed by atoms with van der Waals surface area (Å²) in [5.41, 5.74) is 0.464. The second-order valence-corrected chi connectivity index (χ2v) is 6.71. The predicted octanol–water partition coefficient (Wildman–Crippen LogP) is 6.37. The van der Waals surface area contributed by atoms with Gasteiger partial charge in [0.05, 0.1) is 0 Å². The first kappa shape index (κ1) is 24.8. The molecule has 0 spiro atoms. The molecule has 0 fully saturated rings. The molecule has 0 saturated heterocycles. The standard InChI is InChI=1S/C22H15F7N2O3/c23-20(24)33-17-8-7-16(10-18(17)34-21(25)26)31(12-13-2-1-9-30-11-13)15-5-3-14(4-6-15)19(32)22(27,28)29/h1-11,20-21H,12H2. The van der Waals surface area contributed by atoms with Crippen molar-refractivity contribution in [1.82, 2.24) is 4.98 Å². The molecule has 0 N–H and O–H groups in total. The van der Waals surface area contributed by atoms with Crippen LogP contribution in [-0.4, -0.2) is 30.2 Å². The predicted molar refractivity (Wildman–Crippen MR) is 107 cm³/mol. The molecule has 2 aromatic carbocycles. The summed E-state index contributed by atoms with van der Waals surface area (Å²) in [6, 6.07) is 11.0. The van der Waals surface area contributed by atoms with Gasteiger partial charge >= 0.3 is 19.4 Å². The van der Waals surface area contributed by atoms with Crippen molar-refractivity contribution in [3.63, 3.8) is 0 Å². The third-order valence-corrected chi connectivity index (χ3v) is 4.43. The molecule has 180 valence electrons. The monoisotopic (exact) mass is 488 g/mol. The van der Waals surface area contributed by atoms with Crippen molar-refractivity contribution in [3.8, 4) is 11.5 Å². The van der Waals surface area contributed by atoms with E-state index < -0.39 is 42.2 Å². The summed E-state index contributed by atoms with van der Waals surface area (Å²) in [6.07, 6.45) is -2.05. The van der Waals surface area contributed by atoms with Crippen molar-refractivity contribution in [2.75, 3.05) is 4.90 Å². The highest BCUT2D eigenvalue weighted by Crippen LogP contribution is 2.37. The molecule has 3 rings (SSSR count). The Morgan fingerprint density at radius 1 is 0.882 bits per heavy atom. The molecule has 0 amide bonds. The number of nitrogens with zero attached hydrogens (tertiary/aromatic N) is 2. The van der Waals surface area contributed by atoms with E-state index >= 15 is 0 Å². The average molecular weight is 488 g/mol. The largest absolute Gasteiger partial charge is 0.454 e. The molecule has 34 heavy (non-hydrogen) atoms. The van der Waals surface area contributed by atoms with E-state index in [0.717, 1.165) is 24.3 Å². The molecule has 3 aromatic rings. The van der Waals surface area contributed by atoms with Gasteiger partial charge in [0.1, 0.15) is 0 Å². The van der Waals surface area contributed by atoms with Crippen LogP contribution in [0, 0.1) is 0 Å². The van der Waals surface area contributed by atoms with Crippen LogP contribution >= 0.6 is 0 Å². The molecule has 0 aliphatic heterocycles. The van der Waals surface area contributed by atoms with Gasteiger partial charge in [-0.15, -0.1) is 0 Å². The van der Waals surface area contributed by atoms with Crippen LogP contribution in [0.3, 0.4) is 0 Å². The van der Waals surface area contributed by atoms with Gasteiger partial charge in [-0.25, -0.2) is 0 Å². The number of ether oxygens (including phenoxy) is 2. The first-order valence-electron chi connectivity index (χ1n) is 9.46. The van der Waals surface area contributed by atoms with Crippen molar-refractivity contribution in [1.29, 1.82) is 0 Å². The third-order valence-electron chi connectivity index (χ3n) is 4.43. The number of rotatable bonds is 9. The number of benzene rings is 2. The average Bonchev–Trinajstić information content (AvgIpc) is 2.78. The van der Waals surface area contributed by atoms with Crippen LogP contribution in [0.5, 0.6) is 11.5 Å². The maximum absolute atomic E-state index is 12.8. The third kappa shape index (κ3) is 6.36. The molecular weight excluding hydrogens is 473 g/mol. The minimum absolute atomic E-state index is 0.0591. The van der Waals surface area contributed by atoms with Gasteiger partial charge in [0.25, 0.3) is 5.78 Å². The lowest BCUT2D eigenvalue weighted by molar-refractivity contribution is -0.0885. The maximum atomic E-state index is 12.8. The zero-order chi connectivity index (χ0) is 24.9. The summed E-state index contributed by atoms with van der Waals surface area (Å²) >= 11 is 0. The maximum Gasteiger partial charge on any atom is 0.454 e. The Bertz CT molecular complexity index is 1110. The number of pyridine rings is 1. The van der Waals surface area contributed by atoms with Crippen molar-refractivity contribution >= 4 is 17.2 Å². The number of Topliss-reactive ketones (excluding diaryl/α,β-unsaturated/α-hetero) is 1. The smallest absolute Gasteiger partial charge is 0.431 e. The summed E-state index contributed by atoms with van der Waals surface area (Å²) in [5, 5.41) is 0. The van der Waals surface area contributed by atoms with E-state index in [0.29, 0.717) is 5.56 Å². The summed E-state index contributed by atoms with van der Waals surface area (Å²) in [5.74, 6) is -3.33.